The summed E-state index contributed by atoms with van der Waals surface area (Å²) in [5.74, 6) is 0.368. The Labute approximate surface area is 148 Å². The number of rotatable bonds is 2. The fraction of sp³-hybridized carbons (Fsp3) is 0.500. The monoisotopic (exact) mass is 356 g/mol. The van der Waals surface area contributed by atoms with Crippen molar-refractivity contribution in [3.63, 3.8) is 0 Å². The van der Waals surface area contributed by atoms with Gasteiger partial charge in [0.1, 0.15) is 5.65 Å². The Bertz CT molecular complexity index is 709. The first-order valence-corrected chi connectivity index (χ1v) is 7.63. The average Bonchev–Trinajstić information content (AvgIpc) is 3.02. The van der Waals surface area contributed by atoms with Gasteiger partial charge < -0.3 is 15.0 Å². The molecule has 1 aliphatic carbocycles. The Morgan fingerprint density at radius 1 is 1.30 bits per heavy atom. The fourth-order valence-corrected chi connectivity index (χ4v) is 3.62. The van der Waals surface area contributed by atoms with Crippen LogP contribution in [0.3, 0.4) is 0 Å². The van der Waals surface area contributed by atoms with Crippen LogP contribution in [0.5, 0.6) is 0 Å². The molecular formula is C16H22Cl2N4O. The normalized spacial score (nSPS) is 21.3. The van der Waals surface area contributed by atoms with Crippen molar-refractivity contribution in [1.29, 1.82) is 0 Å². The first-order valence-electron chi connectivity index (χ1n) is 7.63. The third-order valence-electron chi connectivity index (χ3n) is 4.94. The number of hydrogen-bond acceptors (Lipinski definition) is 3. The number of halogens is 2. The lowest BCUT2D eigenvalue weighted by Crippen LogP contribution is -2.31. The molecule has 2 N–H and O–H groups in total. The number of amides is 1. The number of aromatic nitrogens is 2. The van der Waals surface area contributed by atoms with E-state index in [2.05, 4.69) is 15.6 Å². The van der Waals surface area contributed by atoms with E-state index in [9.17, 15) is 4.79 Å². The number of nitrogens with zero attached hydrogens (tertiary/aromatic N) is 2. The Morgan fingerprint density at radius 2 is 2.04 bits per heavy atom. The molecule has 5 nitrogen and oxygen atoms in total. The first-order chi connectivity index (χ1) is 10.2. The van der Waals surface area contributed by atoms with E-state index in [-0.39, 0.29) is 42.1 Å². The van der Waals surface area contributed by atoms with E-state index in [4.69, 9.17) is 0 Å². The predicted octanol–water partition coefficient (Wildman–Crippen LogP) is 2.81. The van der Waals surface area contributed by atoms with Crippen LogP contribution >= 0.6 is 24.8 Å². The van der Waals surface area contributed by atoms with E-state index >= 15 is 0 Å². The molecule has 2 fully saturated rings. The van der Waals surface area contributed by atoms with Crippen molar-refractivity contribution in [3.8, 4) is 0 Å². The molecule has 4 rings (SSSR count). The van der Waals surface area contributed by atoms with E-state index in [0.29, 0.717) is 0 Å². The summed E-state index contributed by atoms with van der Waals surface area (Å²) in [4.78, 5) is 16.8. The SMILES string of the molecule is Cc1cn2cc(NC(=O)C3CC34CCNCC4)ccc2n1.Cl.Cl. The van der Waals surface area contributed by atoms with Crippen LogP contribution in [0.4, 0.5) is 5.69 Å². The van der Waals surface area contributed by atoms with Crippen LogP contribution in [-0.2, 0) is 4.79 Å². The average molecular weight is 357 g/mol. The lowest BCUT2D eigenvalue weighted by atomic mass is 9.92. The summed E-state index contributed by atoms with van der Waals surface area (Å²) >= 11 is 0. The highest BCUT2D eigenvalue weighted by Crippen LogP contribution is 2.58. The van der Waals surface area contributed by atoms with Gasteiger partial charge in [-0.25, -0.2) is 4.98 Å². The van der Waals surface area contributed by atoms with Crippen molar-refractivity contribution in [1.82, 2.24) is 14.7 Å². The van der Waals surface area contributed by atoms with Gasteiger partial charge in [-0.15, -0.1) is 24.8 Å². The number of hydrogen-bond donors (Lipinski definition) is 2. The van der Waals surface area contributed by atoms with Gasteiger partial charge in [-0.05, 0) is 56.8 Å². The van der Waals surface area contributed by atoms with Gasteiger partial charge in [0.05, 0.1) is 11.4 Å². The molecule has 0 bridgehead atoms. The molecule has 3 heterocycles. The van der Waals surface area contributed by atoms with Crippen LogP contribution in [0.1, 0.15) is 25.0 Å². The van der Waals surface area contributed by atoms with Crippen molar-refractivity contribution in [3.05, 3.63) is 30.2 Å². The van der Waals surface area contributed by atoms with Gasteiger partial charge in [-0.3, -0.25) is 4.79 Å². The molecule has 0 radical (unpaired) electrons. The number of nitrogens with one attached hydrogen (secondary N) is 2. The molecule has 1 amide bonds. The highest BCUT2D eigenvalue weighted by Gasteiger charge is 2.57. The van der Waals surface area contributed by atoms with Crippen molar-refractivity contribution in [2.75, 3.05) is 18.4 Å². The molecule has 7 heteroatoms. The maximum absolute atomic E-state index is 12.4. The lowest BCUT2D eigenvalue weighted by Gasteiger charge is -2.23. The predicted molar refractivity (Wildman–Crippen MR) is 95.7 cm³/mol. The van der Waals surface area contributed by atoms with Gasteiger partial charge in [-0.2, -0.15) is 0 Å². The Balaban J connectivity index is 0.000000960. The van der Waals surface area contributed by atoms with E-state index in [1.165, 1.54) is 0 Å². The molecule has 1 spiro atoms. The van der Waals surface area contributed by atoms with Crippen molar-refractivity contribution in [2.24, 2.45) is 11.3 Å². The summed E-state index contributed by atoms with van der Waals surface area (Å²) < 4.78 is 1.96. The number of aryl methyl sites for hydroxylation is 1. The molecule has 1 saturated heterocycles. The van der Waals surface area contributed by atoms with Crippen molar-refractivity contribution >= 4 is 42.1 Å². The van der Waals surface area contributed by atoms with Gasteiger partial charge >= 0.3 is 0 Å². The zero-order valence-electron chi connectivity index (χ0n) is 13.0. The van der Waals surface area contributed by atoms with Crippen LogP contribution in [0.15, 0.2) is 24.5 Å². The second kappa shape index (κ2) is 6.67. The minimum atomic E-state index is 0. The summed E-state index contributed by atoms with van der Waals surface area (Å²) in [5.41, 5.74) is 3.02. The van der Waals surface area contributed by atoms with E-state index < -0.39 is 0 Å². The van der Waals surface area contributed by atoms with Gasteiger partial charge in [0.2, 0.25) is 5.91 Å². The van der Waals surface area contributed by atoms with E-state index in [1.807, 2.05) is 35.9 Å². The maximum Gasteiger partial charge on any atom is 0.228 e. The third kappa shape index (κ3) is 3.32. The van der Waals surface area contributed by atoms with Crippen LogP contribution in [-0.4, -0.2) is 28.4 Å². The molecule has 0 aromatic carbocycles. The summed E-state index contributed by atoms with van der Waals surface area (Å²) in [5, 5.41) is 6.44. The van der Waals surface area contributed by atoms with Gasteiger partial charge in [0, 0.05) is 18.3 Å². The molecule has 23 heavy (non-hydrogen) atoms. The maximum atomic E-state index is 12.4. The zero-order valence-corrected chi connectivity index (χ0v) is 14.7. The molecule has 2 aromatic heterocycles. The van der Waals surface area contributed by atoms with Crippen LogP contribution in [0.25, 0.3) is 5.65 Å². The number of anilines is 1. The zero-order chi connectivity index (χ0) is 14.4. The smallest absolute Gasteiger partial charge is 0.228 e. The summed E-state index contributed by atoms with van der Waals surface area (Å²) in [6, 6.07) is 3.87. The van der Waals surface area contributed by atoms with Crippen LogP contribution in [0, 0.1) is 18.3 Å². The Hall–Kier alpha value is -1.30. The quantitative estimate of drug-likeness (QED) is 0.869. The number of pyridine rings is 1. The van der Waals surface area contributed by atoms with Gasteiger partial charge in [-0.1, -0.05) is 0 Å². The minimum Gasteiger partial charge on any atom is -0.325 e. The molecule has 1 unspecified atom stereocenters. The molecule has 1 atom stereocenters. The molecule has 2 aromatic rings. The largest absolute Gasteiger partial charge is 0.325 e. The number of piperidine rings is 1. The summed E-state index contributed by atoms with van der Waals surface area (Å²) in [6.45, 7) is 4.06. The Morgan fingerprint density at radius 3 is 2.78 bits per heavy atom. The molecule has 1 saturated carbocycles. The number of fused-ring (bicyclic) bond motifs is 1. The lowest BCUT2D eigenvalue weighted by molar-refractivity contribution is -0.118. The second-order valence-electron chi connectivity index (χ2n) is 6.42. The molecular weight excluding hydrogens is 335 g/mol. The topological polar surface area (TPSA) is 58.4 Å². The van der Waals surface area contributed by atoms with E-state index in [0.717, 1.165) is 49.4 Å². The standard InChI is InChI=1S/C16H20N4O.2ClH/c1-11-9-20-10-12(2-3-14(20)18-11)19-15(21)13-8-16(13)4-6-17-7-5-16;;/h2-3,9-10,13,17H,4-8H2,1H3,(H,19,21);2*1H. The van der Waals surface area contributed by atoms with Crippen molar-refractivity contribution in [2.45, 2.75) is 26.2 Å². The number of imidazole rings is 1. The first kappa shape index (κ1) is 18.0. The summed E-state index contributed by atoms with van der Waals surface area (Å²) in [7, 11) is 0. The van der Waals surface area contributed by atoms with Gasteiger partial charge in [0.15, 0.2) is 0 Å². The number of carbonyl (C=O) groups is 1. The van der Waals surface area contributed by atoms with Gasteiger partial charge in [0.25, 0.3) is 0 Å². The molecule has 2 aliphatic rings. The molecule has 126 valence electrons. The molecule has 1 aliphatic heterocycles. The highest BCUT2D eigenvalue weighted by atomic mass is 35.5. The van der Waals surface area contributed by atoms with Crippen molar-refractivity contribution < 1.29 is 4.79 Å². The van der Waals surface area contributed by atoms with Crippen LogP contribution in [0.2, 0.25) is 0 Å². The van der Waals surface area contributed by atoms with Crippen LogP contribution < -0.4 is 10.6 Å². The summed E-state index contributed by atoms with van der Waals surface area (Å²) in [6.07, 6.45) is 7.21. The highest BCUT2D eigenvalue weighted by molar-refractivity contribution is 5.95. The Kier molecular flexibility index (Phi) is 5.23. The fourth-order valence-electron chi connectivity index (χ4n) is 3.62. The minimum absolute atomic E-state index is 0. The van der Waals surface area contributed by atoms with E-state index in [1.54, 1.807) is 0 Å². The number of carbonyl (C=O) groups excluding carboxylic acids is 1. The third-order valence-corrected chi connectivity index (χ3v) is 4.94. The second-order valence-corrected chi connectivity index (χ2v) is 6.42.